The highest BCUT2D eigenvalue weighted by atomic mass is 16.7. The van der Waals surface area contributed by atoms with Gasteiger partial charge in [-0.15, -0.1) is 0 Å². The van der Waals surface area contributed by atoms with E-state index in [4.69, 9.17) is 23.7 Å². The summed E-state index contributed by atoms with van der Waals surface area (Å²) in [5.41, 5.74) is 0. The van der Waals surface area contributed by atoms with E-state index in [1.165, 1.54) is 28.1 Å². The number of aliphatic hydroxyl groups excluding tert-OH is 4. The van der Waals surface area contributed by atoms with Crippen molar-refractivity contribution in [2.45, 2.75) is 75.2 Å². The highest BCUT2D eigenvalue weighted by Gasteiger charge is 2.52. The quantitative estimate of drug-likeness (QED) is 0.277. The van der Waals surface area contributed by atoms with Crippen LogP contribution < -0.4 is 5.32 Å². The lowest BCUT2D eigenvalue weighted by atomic mass is 9.94. The third-order valence-electron chi connectivity index (χ3n) is 4.96. The molecule has 2 aliphatic rings. The summed E-state index contributed by atoms with van der Waals surface area (Å²) in [4.78, 5) is 23.7. The fraction of sp³-hybridized carbons (Fsp3) is 0.882. The predicted molar refractivity (Wildman–Crippen MR) is 93.4 cm³/mol. The number of aliphatic hydroxyl groups is 4. The number of ether oxygens (including phenoxy) is 5. The summed E-state index contributed by atoms with van der Waals surface area (Å²) in [6.45, 7) is 1.86. The molecule has 168 valence electrons. The van der Waals surface area contributed by atoms with Crippen LogP contribution in [-0.4, -0.2) is 114 Å². The first-order chi connectivity index (χ1) is 13.7. The van der Waals surface area contributed by atoms with Gasteiger partial charge in [-0.3, -0.25) is 9.59 Å². The zero-order valence-electron chi connectivity index (χ0n) is 16.6. The molecule has 10 atom stereocenters. The molecule has 12 nitrogen and oxygen atoms in total. The highest BCUT2D eigenvalue weighted by molar-refractivity contribution is 5.81. The maximum atomic E-state index is 12.0. The van der Waals surface area contributed by atoms with Crippen LogP contribution in [0.25, 0.3) is 0 Å². The average molecular weight is 423 g/mol. The molecule has 29 heavy (non-hydrogen) atoms. The number of ketones is 1. The van der Waals surface area contributed by atoms with Gasteiger partial charge in [-0.05, 0) is 6.92 Å². The van der Waals surface area contributed by atoms with E-state index in [2.05, 4.69) is 5.32 Å². The number of hydrogen-bond acceptors (Lipinski definition) is 11. The molecular formula is C17H29NO11. The minimum atomic E-state index is -1.59. The zero-order valence-corrected chi connectivity index (χ0v) is 16.6. The van der Waals surface area contributed by atoms with Crippen LogP contribution in [0.4, 0.5) is 0 Å². The number of Topliss-reactive ketones (excluding diaryl/α,β-unsaturated/α-hetero) is 1. The number of rotatable bonds is 7. The lowest BCUT2D eigenvalue weighted by Gasteiger charge is -2.47. The lowest BCUT2D eigenvalue weighted by molar-refractivity contribution is -0.337. The van der Waals surface area contributed by atoms with Crippen LogP contribution in [0.2, 0.25) is 0 Å². The molecule has 2 fully saturated rings. The van der Waals surface area contributed by atoms with E-state index in [0.29, 0.717) is 0 Å². The Bertz CT molecular complexity index is 576. The molecule has 2 aliphatic heterocycles. The summed E-state index contributed by atoms with van der Waals surface area (Å²) in [5.74, 6) is -0.983. The smallest absolute Gasteiger partial charge is 0.217 e. The van der Waals surface area contributed by atoms with Gasteiger partial charge >= 0.3 is 0 Å². The molecule has 0 radical (unpaired) electrons. The first kappa shape index (κ1) is 24.1. The van der Waals surface area contributed by atoms with Gasteiger partial charge in [0, 0.05) is 21.1 Å². The summed E-state index contributed by atoms with van der Waals surface area (Å²) >= 11 is 0. The topological polar surface area (TPSA) is 173 Å². The van der Waals surface area contributed by atoms with Crippen LogP contribution in [0.15, 0.2) is 0 Å². The fourth-order valence-electron chi connectivity index (χ4n) is 3.52. The molecule has 0 aliphatic carbocycles. The molecule has 0 bridgehead atoms. The van der Waals surface area contributed by atoms with Crippen molar-refractivity contribution in [3.8, 4) is 0 Å². The van der Waals surface area contributed by atoms with Gasteiger partial charge in [0.05, 0.1) is 6.61 Å². The summed E-state index contributed by atoms with van der Waals surface area (Å²) in [6.07, 6.45) is -11.8. The Morgan fingerprint density at radius 3 is 2.07 bits per heavy atom. The predicted octanol–water partition coefficient (Wildman–Crippen LogP) is -3.35. The maximum absolute atomic E-state index is 12.0. The Balaban J connectivity index is 2.32. The first-order valence-corrected chi connectivity index (χ1v) is 9.10. The third-order valence-corrected chi connectivity index (χ3v) is 4.96. The average Bonchev–Trinajstić information content (AvgIpc) is 2.67. The van der Waals surface area contributed by atoms with Gasteiger partial charge in [0.2, 0.25) is 5.91 Å². The highest BCUT2D eigenvalue weighted by Crippen LogP contribution is 2.30. The van der Waals surface area contributed by atoms with E-state index in [-0.39, 0.29) is 0 Å². The van der Waals surface area contributed by atoms with Crippen LogP contribution in [0, 0.1) is 0 Å². The van der Waals surface area contributed by atoms with Crippen LogP contribution in [0.3, 0.4) is 0 Å². The van der Waals surface area contributed by atoms with E-state index < -0.39 is 79.6 Å². The zero-order chi connectivity index (χ0) is 21.9. The molecule has 2 saturated heterocycles. The molecule has 2 heterocycles. The van der Waals surface area contributed by atoms with Gasteiger partial charge in [0.25, 0.3) is 0 Å². The number of nitrogens with one attached hydrogen (secondary N) is 1. The second-order valence-electron chi connectivity index (χ2n) is 7.00. The van der Waals surface area contributed by atoms with Crippen molar-refractivity contribution >= 4 is 11.7 Å². The van der Waals surface area contributed by atoms with E-state index >= 15 is 0 Å². The van der Waals surface area contributed by atoms with Crippen LogP contribution in [-0.2, 0) is 33.3 Å². The Kier molecular flexibility index (Phi) is 8.46. The van der Waals surface area contributed by atoms with Gasteiger partial charge in [0.1, 0.15) is 48.8 Å². The van der Waals surface area contributed by atoms with E-state index in [1.807, 2.05) is 0 Å². The van der Waals surface area contributed by atoms with Gasteiger partial charge in [0.15, 0.2) is 18.4 Å². The van der Waals surface area contributed by atoms with Crippen molar-refractivity contribution in [2.24, 2.45) is 0 Å². The van der Waals surface area contributed by atoms with Gasteiger partial charge in [-0.2, -0.15) is 0 Å². The molecule has 5 N–H and O–H groups in total. The monoisotopic (exact) mass is 423 g/mol. The summed E-state index contributed by atoms with van der Waals surface area (Å²) in [6, 6.07) is -1.05. The molecular weight excluding hydrogens is 394 g/mol. The van der Waals surface area contributed by atoms with E-state index in [9.17, 15) is 30.0 Å². The second-order valence-corrected chi connectivity index (χ2v) is 7.00. The summed E-state index contributed by atoms with van der Waals surface area (Å²) in [7, 11) is 2.54. The van der Waals surface area contributed by atoms with E-state index in [0.717, 1.165) is 0 Å². The third kappa shape index (κ3) is 5.10. The minimum absolute atomic E-state index is 0.480. The Hall–Kier alpha value is -1.22. The van der Waals surface area contributed by atoms with Crippen molar-refractivity contribution in [3.63, 3.8) is 0 Å². The molecule has 0 aromatic carbocycles. The number of hydrogen-bond donors (Lipinski definition) is 5. The van der Waals surface area contributed by atoms with Gasteiger partial charge in [-0.25, -0.2) is 0 Å². The fourth-order valence-corrected chi connectivity index (χ4v) is 3.52. The second kappa shape index (κ2) is 10.2. The van der Waals surface area contributed by atoms with Crippen LogP contribution in [0.1, 0.15) is 13.8 Å². The SMILES string of the molecule is COC1OC(C(C)=O)[C@@H](O[C@@H]2OC(CO)C(O)[C@H](OC)C2NC(C)=O)C(O)C1O. The van der Waals surface area contributed by atoms with Gasteiger partial charge < -0.3 is 49.4 Å². The largest absolute Gasteiger partial charge is 0.394 e. The molecule has 0 spiro atoms. The Labute approximate surface area is 167 Å². The number of methoxy groups -OCH3 is 2. The molecule has 12 heteroatoms. The van der Waals surface area contributed by atoms with Crippen molar-refractivity contribution in [1.82, 2.24) is 5.32 Å². The van der Waals surface area contributed by atoms with Gasteiger partial charge in [-0.1, -0.05) is 0 Å². The Morgan fingerprint density at radius 2 is 1.59 bits per heavy atom. The molecule has 2 rings (SSSR count). The summed E-state index contributed by atoms with van der Waals surface area (Å²) in [5, 5.41) is 43.0. The molecule has 0 saturated carbocycles. The molecule has 1 amide bonds. The number of carbonyl (C=O) groups excluding carboxylic acids is 2. The lowest BCUT2D eigenvalue weighted by Crippen LogP contribution is -2.68. The molecule has 7 unspecified atom stereocenters. The van der Waals surface area contributed by atoms with Crippen LogP contribution >= 0.6 is 0 Å². The van der Waals surface area contributed by atoms with Crippen LogP contribution in [0.5, 0.6) is 0 Å². The van der Waals surface area contributed by atoms with E-state index in [1.54, 1.807) is 0 Å². The van der Waals surface area contributed by atoms with Crippen molar-refractivity contribution in [1.29, 1.82) is 0 Å². The number of carbonyl (C=O) groups is 2. The van der Waals surface area contributed by atoms with Crippen molar-refractivity contribution in [2.75, 3.05) is 20.8 Å². The van der Waals surface area contributed by atoms with Crippen molar-refractivity contribution in [3.05, 3.63) is 0 Å². The molecule has 0 aromatic rings. The minimum Gasteiger partial charge on any atom is -0.394 e. The first-order valence-electron chi connectivity index (χ1n) is 9.10. The normalized spacial score (nSPS) is 43.0. The number of amides is 1. The standard InChI is InChI=1S/C17H29NO11/c1-6(20)13-15(11(23)12(24)17(26-4)28-13)29-16-9(18-7(2)21)14(25-3)10(22)8(5-19)27-16/h8-17,19,22-24H,5H2,1-4H3,(H,18,21)/t8?,9?,10?,11?,12?,13?,14-,15+,16+,17?/m1/s1. The van der Waals surface area contributed by atoms with Crippen molar-refractivity contribution < 1.29 is 53.7 Å². The Morgan fingerprint density at radius 1 is 0.931 bits per heavy atom. The maximum Gasteiger partial charge on any atom is 0.217 e. The molecule has 0 aromatic heterocycles. The summed E-state index contributed by atoms with van der Waals surface area (Å²) < 4.78 is 26.9.